The average molecular weight is 834 g/mol. The third-order valence-corrected chi connectivity index (χ3v) is 11.4. The Balaban J connectivity index is 2.35. The molecule has 0 aromatic heterocycles. The summed E-state index contributed by atoms with van der Waals surface area (Å²) in [5, 5.41) is 54.1. The summed E-state index contributed by atoms with van der Waals surface area (Å²) in [6.45, 7) is 3.71. The number of carbonyl (C=O) groups excluding carboxylic acids is 1. The van der Waals surface area contributed by atoms with Crippen molar-refractivity contribution in [1.29, 1.82) is 0 Å². The van der Waals surface area contributed by atoms with Crippen molar-refractivity contribution in [3.05, 3.63) is 48.6 Å². The van der Waals surface area contributed by atoms with E-state index in [1.807, 2.05) is 12.2 Å². The lowest BCUT2D eigenvalue weighted by Gasteiger charge is -2.40. The lowest BCUT2D eigenvalue weighted by Crippen LogP contribution is -2.60. The second-order valence-electron chi connectivity index (χ2n) is 16.9. The minimum atomic E-state index is -1.58. The molecule has 1 saturated heterocycles. The number of ether oxygens (including phenoxy) is 2. The first-order chi connectivity index (χ1) is 28.8. The summed E-state index contributed by atoms with van der Waals surface area (Å²) in [6, 6.07) is -0.852. The molecule has 1 fully saturated rings. The van der Waals surface area contributed by atoms with E-state index in [9.17, 15) is 30.3 Å². The van der Waals surface area contributed by atoms with Gasteiger partial charge in [0.15, 0.2) is 6.29 Å². The van der Waals surface area contributed by atoms with Gasteiger partial charge in [-0.2, -0.15) is 0 Å². The lowest BCUT2D eigenvalue weighted by molar-refractivity contribution is -0.302. The van der Waals surface area contributed by atoms with Gasteiger partial charge in [-0.3, -0.25) is 4.79 Å². The highest BCUT2D eigenvalue weighted by molar-refractivity contribution is 5.76. The second-order valence-corrected chi connectivity index (χ2v) is 16.9. The Kier molecular flexibility index (Phi) is 37.6. The molecule has 0 saturated carbocycles. The van der Waals surface area contributed by atoms with E-state index < -0.39 is 49.5 Å². The van der Waals surface area contributed by atoms with E-state index in [4.69, 9.17) is 9.47 Å². The molecule has 9 nitrogen and oxygen atoms in total. The van der Waals surface area contributed by atoms with Gasteiger partial charge in [-0.15, -0.1) is 0 Å². The fourth-order valence-corrected chi connectivity index (χ4v) is 7.46. The maximum Gasteiger partial charge on any atom is 0.220 e. The van der Waals surface area contributed by atoms with Gasteiger partial charge in [0, 0.05) is 6.42 Å². The highest BCUT2D eigenvalue weighted by atomic mass is 16.7. The van der Waals surface area contributed by atoms with Gasteiger partial charge in [0.25, 0.3) is 0 Å². The van der Waals surface area contributed by atoms with Crippen LogP contribution in [0.15, 0.2) is 48.6 Å². The number of allylic oxidation sites excluding steroid dienone is 7. The van der Waals surface area contributed by atoms with Crippen molar-refractivity contribution < 1.29 is 39.8 Å². The molecule has 1 heterocycles. The molecule has 344 valence electrons. The molecule has 9 heteroatoms. The van der Waals surface area contributed by atoms with Gasteiger partial charge in [0.2, 0.25) is 5.91 Å². The van der Waals surface area contributed by atoms with Crippen molar-refractivity contribution in [2.45, 2.75) is 249 Å². The van der Waals surface area contributed by atoms with E-state index in [1.54, 1.807) is 6.08 Å². The molecule has 0 aromatic rings. The molecule has 6 N–H and O–H groups in total. The molecule has 7 atom stereocenters. The topological polar surface area (TPSA) is 149 Å². The molecule has 7 unspecified atom stereocenters. The van der Waals surface area contributed by atoms with Gasteiger partial charge < -0.3 is 40.3 Å². The first-order valence-corrected chi connectivity index (χ1v) is 24.4. The number of aliphatic hydroxyl groups excluding tert-OH is 5. The normalized spacial score (nSPS) is 21.1. The molecule has 0 aliphatic carbocycles. The number of aliphatic hydroxyl groups is 5. The Morgan fingerprint density at radius 1 is 0.576 bits per heavy atom. The number of carbonyl (C=O) groups is 1. The number of hydrogen-bond acceptors (Lipinski definition) is 8. The van der Waals surface area contributed by atoms with Crippen LogP contribution in [-0.4, -0.2) is 87.5 Å². The van der Waals surface area contributed by atoms with E-state index in [2.05, 4.69) is 49.5 Å². The summed E-state index contributed by atoms with van der Waals surface area (Å²) in [5.74, 6) is -0.254. The molecule has 1 rings (SSSR count). The van der Waals surface area contributed by atoms with Crippen LogP contribution in [-0.2, 0) is 14.3 Å². The Morgan fingerprint density at radius 2 is 1.02 bits per heavy atom. The summed E-state index contributed by atoms with van der Waals surface area (Å²) >= 11 is 0. The van der Waals surface area contributed by atoms with Crippen LogP contribution < -0.4 is 5.32 Å². The van der Waals surface area contributed by atoms with Crippen LogP contribution in [0.4, 0.5) is 0 Å². The quantitative estimate of drug-likeness (QED) is 0.0264. The summed E-state index contributed by atoms with van der Waals surface area (Å²) in [4.78, 5) is 12.9. The Morgan fingerprint density at radius 3 is 1.53 bits per heavy atom. The first-order valence-electron chi connectivity index (χ1n) is 24.4. The van der Waals surface area contributed by atoms with Crippen molar-refractivity contribution >= 4 is 5.91 Å². The van der Waals surface area contributed by atoms with Crippen molar-refractivity contribution in [1.82, 2.24) is 5.32 Å². The number of nitrogens with one attached hydrogen (secondary N) is 1. The number of amides is 1. The molecular formula is C50H91NO8. The van der Waals surface area contributed by atoms with Crippen molar-refractivity contribution in [3.8, 4) is 0 Å². The standard InChI is InChI=1S/C50H91NO8/c1-3-5-7-9-11-13-15-17-18-19-20-21-22-23-24-25-26-28-29-31-33-35-37-39-44(53)43(42-58-50-49(57)48(56)47(55)45(41-52)59-50)51-46(54)40-38-36-34-32-30-27-16-14-12-10-8-6-4-2/h27,29-31,34,36-37,39,43-45,47-50,52-53,55-57H,3-26,28,32-33,35,38,40-42H2,1-2H3,(H,51,54)/b30-27-,31-29+,36-34-,39-37+. The predicted molar refractivity (Wildman–Crippen MR) is 244 cm³/mol. The van der Waals surface area contributed by atoms with Gasteiger partial charge >= 0.3 is 0 Å². The summed E-state index contributed by atoms with van der Waals surface area (Å²) in [6.07, 6.45) is 44.7. The molecule has 0 bridgehead atoms. The minimum absolute atomic E-state index is 0.224. The van der Waals surface area contributed by atoms with E-state index in [1.165, 1.54) is 148 Å². The second kappa shape index (κ2) is 40.2. The number of rotatable bonds is 40. The van der Waals surface area contributed by atoms with Crippen molar-refractivity contribution in [2.24, 2.45) is 0 Å². The highest BCUT2D eigenvalue weighted by Crippen LogP contribution is 2.22. The van der Waals surface area contributed by atoms with Crippen LogP contribution >= 0.6 is 0 Å². The molecule has 0 aromatic carbocycles. The minimum Gasteiger partial charge on any atom is -0.394 e. The summed E-state index contributed by atoms with van der Waals surface area (Å²) in [7, 11) is 0. The Labute approximate surface area is 361 Å². The molecule has 1 aliphatic heterocycles. The average Bonchev–Trinajstić information content (AvgIpc) is 3.23. The summed E-state index contributed by atoms with van der Waals surface area (Å²) in [5.41, 5.74) is 0. The number of unbranched alkanes of at least 4 members (excludes halogenated alkanes) is 24. The third-order valence-electron chi connectivity index (χ3n) is 11.4. The van der Waals surface area contributed by atoms with Crippen molar-refractivity contribution in [2.75, 3.05) is 13.2 Å². The monoisotopic (exact) mass is 834 g/mol. The zero-order valence-electron chi connectivity index (χ0n) is 37.7. The third kappa shape index (κ3) is 30.8. The van der Waals surface area contributed by atoms with E-state index in [0.29, 0.717) is 6.42 Å². The fourth-order valence-electron chi connectivity index (χ4n) is 7.46. The molecule has 0 spiro atoms. The van der Waals surface area contributed by atoms with Crippen LogP contribution in [0.3, 0.4) is 0 Å². The van der Waals surface area contributed by atoms with Crippen LogP contribution in [0.1, 0.15) is 206 Å². The molecule has 0 radical (unpaired) electrons. The largest absolute Gasteiger partial charge is 0.394 e. The zero-order valence-corrected chi connectivity index (χ0v) is 37.7. The van der Waals surface area contributed by atoms with E-state index in [0.717, 1.165) is 32.1 Å². The molecule has 1 aliphatic rings. The summed E-state index contributed by atoms with van der Waals surface area (Å²) < 4.78 is 11.2. The van der Waals surface area contributed by atoms with Crippen LogP contribution in [0.25, 0.3) is 0 Å². The predicted octanol–water partition coefficient (Wildman–Crippen LogP) is 10.6. The van der Waals surface area contributed by atoms with E-state index in [-0.39, 0.29) is 18.9 Å². The molecular weight excluding hydrogens is 743 g/mol. The number of hydrogen-bond donors (Lipinski definition) is 6. The molecule has 1 amide bonds. The van der Waals surface area contributed by atoms with Crippen molar-refractivity contribution in [3.63, 3.8) is 0 Å². The van der Waals surface area contributed by atoms with Gasteiger partial charge in [0.1, 0.15) is 24.4 Å². The smallest absolute Gasteiger partial charge is 0.220 e. The van der Waals surface area contributed by atoms with E-state index >= 15 is 0 Å². The van der Waals surface area contributed by atoms with Gasteiger partial charge in [-0.1, -0.05) is 197 Å². The highest BCUT2D eigenvalue weighted by Gasteiger charge is 2.44. The van der Waals surface area contributed by atoms with Gasteiger partial charge in [-0.25, -0.2) is 0 Å². The Hall–Kier alpha value is -1.85. The first kappa shape index (κ1) is 55.2. The fraction of sp³-hybridized carbons (Fsp3) is 0.820. The Bertz CT molecular complexity index is 1060. The molecule has 59 heavy (non-hydrogen) atoms. The van der Waals surface area contributed by atoms with Crippen LogP contribution in [0.2, 0.25) is 0 Å². The SMILES string of the molecule is CCCCCCCC/C=C\C/C=C\CCC(=O)NC(COC1OC(CO)C(O)C(O)C1O)C(O)/C=C/CC/C=C/CCCCCCCCCCCCCCCCCCC. The zero-order chi connectivity index (χ0) is 43.0. The van der Waals surface area contributed by atoms with Gasteiger partial charge in [-0.05, 0) is 51.4 Å². The maximum absolute atomic E-state index is 12.9. The lowest BCUT2D eigenvalue weighted by atomic mass is 9.99. The van der Waals surface area contributed by atoms with Crippen LogP contribution in [0, 0.1) is 0 Å². The van der Waals surface area contributed by atoms with Gasteiger partial charge in [0.05, 0.1) is 25.4 Å². The van der Waals surface area contributed by atoms with Crippen LogP contribution in [0.5, 0.6) is 0 Å². The maximum atomic E-state index is 12.9.